The van der Waals surface area contributed by atoms with Gasteiger partial charge in [-0.2, -0.15) is 0 Å². The Morgan fingerprint density at radius 3 is 2.29 bits per heavy atom. The third kappa shape index (κ3) is 4.35. The van der Waals surface area contributed by atoms with Gasteiger partial charge in [0.05, 0.1) is 5.69 Å². The van der Waals surface area contributed by atoms with E-state index in [0.29, 0.717) is 11.4 Å². The molecule has 0 fully saturated rings. The fourth-order valence-corrected chi connectivity index (χ4v) is 2.24. The zero-order valence-corrected chi connectivity index (χ0v) is 17.8. The molecule has 116 valence electrons. The molecule has 24 heavy (non-hydrogen) atoms. The van der Waals surface area contributed by atoms with Crippen LogP contribution in [-0.2, 0) is 4.79 Å². The van der Waals surface area contributed by atoms with Crippen molar-refractivity contribution in [2.45, 2.75) is 4.90 Å². The van der Waals surface area contributed by atoms with E-state index >= 15 is 0 Å². The average Bonchev–Trinajstić information content (AvgIpc) is 2.90. The third-order valence-corrected chi connectivity index (χ3v) is 3.65. The van der Waals surface area contributed by atoms with Crippen LogP contribution in [0.2, 0.25) is 0 Å². The van der Waals surface area contributed by atoms with Crippen LogP contribution in [0.1, 0.15) is 0 Å². The molecule has 0 bridgehead atoms. The molecule has 0 aromatic heterocycles. The van der Waals surface area contributed by atoms with Gasteiger partial charge in [0, 0.05) is 30.4 Å². The molecule has 0 atom stereocenters. The monoisotopic (exact) mass is 362 g/mol. The maximum Gasteiger partial charge on any atom is 1.00 e. The molecule has 1 amide bonds. The topological polar surface area (TPSA) is 48.3 Å². The van der Waals surface area contributed by atoms with Crippen molar-refractivity contribution in [2.24, 2.45) is 10.1 Å². The van der Waals surface area contributed by atoms with Crippen LogP contribution >= 0.6 is 12.6 Å². The first-order chi connectivity index (χ1) is 11.0. The van der Waals surface area contributed by atoms with Crippen molar-refractivity contribution in [1.82, 2.24) is 0 Å². The summed E-state index contributed by atoms with van der Waals surface area (Å²) in [7, 11) is 3.94. The molecule has 2 aromatic rings. The van der Waals surface area contributed by atoms with Crippen molar-refractivity contribution in [1.29, 1.82) is 0 Å². The van der Waals surface area contributed by atoms with E-state index in [1.807, 2.05) is 43.3 Å². The van der Waals surface area contributed by atoms with Gasteiger partial charge in [-0.15, -0.1) is 12.6 Å². The Bertz CT molecular complexity index is 785. The van der Waals surface area contributed by atoms with Gasteiger partial charge < -0.3 is 9.69 Å². The Labute approximate surface area is 189 Å². The van der Waals surface area contributed by atoms with E-state index in [4.69, 9.17) is 0 Å². The number of hydrazone groups is 1. The number of thiol groups is 1. The number of carbonyl (C=O) groups is 1. The molecule has 1 aliphatic heterocycles. The SMILES string of the molecule is CN(C)c1ccc(N=C2[C-]=NN(c3ccc(S)cc3)C2=O)cc1.[K+]. The number of hydrogen-bond acceptors (Lipinski definition) is 5. The summed E-state index contributed by atoms with van der Waals surface area (Å²) in [4.78, 5) is 19.5. The van der Waals surface area contributed by atoms with Gasteiger partial charge in [-0.3, -0.25) is 15.1 Å². The molecule has 3 rings (SSSR count). The fraction of sp³-hybridized carbons (Fsp3) is 0.118. The van der Waals surface area contributed by atoms with E-state index < -0.39 is 0 Å². The number of carbonyl (C=O) groups excluding carboxylic acids is 1. The summed E-state index contributed by atoms with van der Waals surface area (Å²) < 4.78 is 0. The van der Waals surface area contributed by atoms with Crippen LogP contribution in [0.4, 0.5) is 17.1 Å². The van der Waals surface area contributed by atoms with Gasteiger partial charge in [0.25, 0.3) is 0 Å². The maximum atomic E-state index is 12.4. The van der Waals surface area contributed by atoms with Crippen LogP contribution in [0, 0.1) is 0 Å². The van der Waals surface area contributed by atoms with E-state index in [-0.39, 0.29) is 63.0 Å². The molecule has 0 aliphatic carbocycles. The summed E-state index contributed by atoms with van der Waals surface area (Å²) in [6.45, 7) is 0. The molecule has 1 heterocycles. The van der Waals surface area contributed by atoms with E-state index in [9.17, 15) is 4.79 Å². The number of aliphatic imine (C=N–C) groups is 1. The Hall–Kier alpha value is -0.964. The minimum Gasteiger partial charge on any atom is -0.379 e. The Balaban J connectivity index is 0.00000208. The quantitative estimate of drug-likeness (QED) is 0.476. The van der Waals surface area contributed by atoms with Crippen molar-refractivity contribution in [3.63, 3.8) is 0 Å². The Morgan fingerprint density at radius 2 is 1.71 bits per heavy atom. The molecule has 0 unspecified atom stereocenters. The second-order valence-electron chi connectivity index (χ2n) is 5.22. The number of anilines is 2. The van der Waals surface area contributed by atoms with Crippen LogP contribution in [0.5, 0.6) is 0 Å². The Kier molecular flexibility index (Phi) is 6.79. The average molecular weight is 362 g/mol. The van der Waals surface area contributed by atoms with Gasteiger partial charge in [0.15, 0.2) is 0 Å². The van der Waals surface area contributed by atoms with Crippen molar-refractivity contribution in [3.05, 3.63) is 48.5 Å². The second kappa shape index (κ2) is 8.42. The minimum atomic E-state index is -0.298. The second-order valence-corrected chi connectivity index (χ2v) is 5.73. The van der Waals surface area contributed by atoms with Crippen molar-refractivity contribution >= 4 is 47.5 Å². The van der Waals surface area contributed by atoms with Gasteiger partial charge in [-0.05, 0) is 54.2 Å². The molecular formula is C17H15KN4OS. The molecule has 7 heteroatoms. The normalized spacial score (nSPS) is 14.9. The molecule has 0 saturated heterocycles. The summed E-state index contributed by atoms with van der Waals surface area (Å²) in [5.74, 6) is -0.298. The van der Waals surface area contributed by atoms with Gasteiger partial charge in [0.2, 0.25) is 0 Å². The first-order valence-electron chi connectivity index (χ1n) is 7.01. The maximum absolute atomic E-state index is 12.4. The van der Waals surface area contributed by atoms with Gasteiger partial charge >= 0.3 is 51.4 Å². The van der Waals surface area contributed by atoms with E-state index in [1.54, 1.807) is 24.3 Å². The van der Waals surface area contributed by atoms with Gasteiger partial charge in [0.1, 0.15) is 5.91 Å². The molecular weight excluding hydrogens is 347 g/mol. The molecule has 0 spiro atoms. The van der Waals surface area contributed by atoms with Crippen molar-refractivity contribution < 1.29 is 56.2 Å². The molecule has 1 aliphatic rings. The standard InChI is InChI=1S/C17H15N4OS.K/c1-20(2)13-5-3-12(4-6-13)19-16-11-18-21(17(16)22)14-7-9-15(23)10-8-14;/h3-10,23H,1-2H3;/q-1;+1. The first kappa shape index (κ1) is 19.4. The summed E-state index contributed by atoms with van der Waals surface area (Å²) in [5, 5.41) is 5.29. The Morgan fingerprint density at radius 1 is 1.08 bits per heavy atom. The van der Waals surface area contributed by atoms with Crippen molar-refractivity contribution in [3.8, 4) is 0 Å². The number of nitrogens with zero attached hydrogens (tertiary/aromatic N) is 4. The largest absolute Gasteiger partial charge is 1.00 e. The minimum absolute atomic E-state index is 0. The van der Waals surface area contributed by atoms with E-state index in [2.05, 4.69) is 28.9 Å². The number of benzene rings is 2. The van der Waals surface area contributed by atoms with Gasteiger partial charge in [-0.25, -0.2) is 0 Å². The summed E-state index contributed by atoms with van der Waals surface area (Å²) >= 11 is 4.23. The van der Waals surface area contributed by atoms with E-state index in [0.717, 1.165) is 10.6 Å². The van der Waals surface area contributed by atoms with Crippen LogP contribution in [-0.4, -0.2) is 31.9 Å². The van der Waals surface area contributed by atoms with Gasteiger partial charge in [-0.1, -0.05) is 6.21 Å². The summed E-state index contributed by atoms with van der Waals surface area (Å²) in [6, 6.07) is 14.8. The zero-order chi connectivity index (χ0) is 16.4. The van der Waals surface area contributed by atoms with Crippen molar-refractivity contribution in [2.75, 3.05) is 24.0 Å². The number of amides is 1. The zero-order valence-electron chi connectivity index (χ0n) is 13.8. The smallest absolute Gasteiger partial charge is 0.379 e. The first-order valence-corrected chi connectivity index (χ1v) is 7.45. The predicted octanol–water partition coefficient (Wildman–Crippen LogP) is 0.0274. The summed E-state index contributed by atoms with van der Waals surface area (Å²) in [6.07, 6.45) is 2.68. The third-order valence-electron chi connectivity index (χ3n) is 3.35. The fourth-order valence-electron chi connectivity index (χ4n) is 2.09. The van der Waals surface area contributed by atoms with Crippen LogP contribution in [0.15, 0.2) is 63.5 Å². The van der Waals surface area contributed by atoms with Crippen LogP contribution in [0.25, 0.3) is 0 Å². The molecule has 5 nitrogen and oxygen atoms in total. The molecule has 0 radical (unpaired) electrons. The van der Waals surface area contributed by atoms with Crippen LogP contribution in [0.3, 0.4) is 0 Å². The number of hydrogen-bond donors (Lipinski definition) is 1. The molecule has 2 aromatic carbocycles. The predicted molar refractivity (Wildman–Crippen MR) is 96.5 cm³/mol. The van der Waals surface area contributed by atoms with E-state index in [1.165, 1.54) is 5.01 Å². The number of rotatable bonds is 3. The van der Waals surface area contributed by atoms with Crippen LogP contribution < -0.4 is 61.3 Å². The molecule has 0 saturated carbocycles. The summed E-state index contributed by atoms with van der Waals surface area (Å²) in [5.41, 5.74) is 2.61. The molecule has 0 N–H and O–H groups in total.